The van der Waals surface area contributed by atoms with Crippen molar-refractivity contribution in [2.45, 2.75) is 31.8 Å². The van der Waals surface area contributed by atoms with Gasteiger partial charge in [0.25, 0.3) is 0 Å². The van der Waals surface area contributed by atoms with Gasteiger partial charge < -0.3 is 10.2 Å². The summed E-state index contributed by atoms with van der Waals surface area (Å²) in [6.07, 6.45) is 3.87. The Hall–Kier alpha value is -1.14. The quantitative estimate of drug-likeness (QED) is 0.643. The first-order valence-electron chi connectivity index (χ1n) is 8.31. The lowest BCUT2D eigenvalue weighted by atomic mass is 10.2. The van der Waals surface area contributed by atoms with Crippen LogP contribution in [0.15, 0.2) is 27.7 Å². The summed E-state index contributed by atoms with van der Waals surface area (Å²) in [4.78, 5) is 9.32. The molecule has 126 valence electrons. The van der Waals surface area contributed by atoms with Crippen molar-refractivity contribution in [2.24, 2.45) is 4.99 Å². The van der Waals surface area contributed by atoms with Gasteiger partial charge in [-0.1, -0.05) is 6.07 Å². The molecule has 0 aromatic heterocycles. The highest BCUT2D eigenvalue weighted by Gasteiger charge is 2.30. The van der Waals surface area contributed by atoms with Gasteiger partial charge in [-0.15, -0.1) is 0 Å². The van der Waals surface area contributed by atoms with Crippen molar-refractivity contribution in [3.8, 4) is 0 Å². The number of hydrogen-bond acceptors (Lipinski definition) is 2. The van der Waals surface area contributed by atoms with E-state index >= 15 is 0 Å². The van der Waals surface area contributed by atoms with Crippen LogP contribution in [-0.2, 0) is 6.54 Å². The molecule has 23 heavy (non-hydrogen) atoms. The van der Waals surface area contributed by atoms with Gasteiger partial charge in [0.15, 0.2) is 5.96 Å². The summed E-state index contributed by atoms with van der Waals surface area (Å²) in [5.74, 6) is 0.685. The molecule has 2 aliphatic rings. The van der Waals surface area contributed by atoms with E-state index in [2.05, 4.69) is 36.0 Å². The number of halogens is 2. The second-order valence-electron chi connectivity index (χ2n) is 6.28. The molecular formula is C17H24BrFN4. The summed E-state index contributed by atoms with van der Waals surface area (Å²) in [6, 6.07) is 5.88. The molecule has 3 rings (SSSR count). The average molecular weight is 383 g/mol. The van der Waals surface area contributed by atoms with Crippen LogP contribution in [0.1, 0.15) is 24.8 Å². The Morgan fingerprint density at radius 3 is 2.83 bits per heavy atom. The Morgan fingerprint density at radius 1 is 1.35 bits per heavy atom. The van der Waals surface area contributed by atoms with Crippen LogP contribution in [0.4, 0.5) is 4.39 Å². The topological polar surface area (TPSA) is 30.9 Å². The Bertz CT molecular complexity index is 572. The van der Waals surface area contributed by atoms with Gasteiger partial charge in [-0.05, 0) is 66.0 Å². The number of likely N-dealkylation sites (tertiary alicyclic amines) is 2. The minimum absolute atomic E-state index is 0.227. The first-order chi connectivity index (χ1) is 11.2. The van der Waals surface area contributed by atoms with E-state index in [0.29, 0.717) is 17.1 Å². The SMILES string of the molecule is CN=C(NCc1ccc(Br)c(F)c1)N1CCC(N2CCCC2)C1. The zero-order chi connectivity index (χ0) is 16.2. The third-order valence-corrected chi connectivity index (χ3v) is 5.41. The van der Waals surface area contributed by atoms with Gasteiger partial charge in [-0.2, -0.15) is 0 Å². The third kappa shape index (κ3) is 4.04. The second-order valence-corrected chi connectivity index (χ2v) is 7.14. The van der Waals surface area contributed by atoms with Crippen LogP contribution in [0.25, 0.3) is 0 Å². The molecule has 1 atom stereocenters. The predicted octanol–water partition coefficient (Wildman–Crippen LogP) is 2.83. The maximum absolute atomic E-state index is 13.6. The third-order valence-electron chi connectivity index (χ3n) is 4.77. The summed E-state index contributed by atoms with van der Waals surface area (Å²) < 4.78 is 14.1. The van der Waals surface area contributed by atoms with Crippen LogP contribution in [0, 0.1) is 5.82 Å². The van der Waals surface area contributed by atoms with Gasteiger partial charge in [0, 0.05) is 32.7 Å². The summed E-state index contributed by atoms with van der Waals surface area (Å²) in [5.41, 5.74) is 0.919. The van der Waals surface area contributed by atoms with Crippen molar-refractivity contribution >= 4 is 21.9 Å². The monoisotopic (exact) mass is 382 g/mol. The van der Waals surface area contributed by atoms with E-state index in [1.165, 1.54) is 32.4 Å². The normalized spacial score (nSPS) is 22.8. The fraction of sp³-hybridized carbons (Fsp3) is 0.588. The maximum Gasteiger partial charge on any atom is 0.193 e. The molecule has 2 saturated heterocycles. The van der Waals surface area contributed by atoms with Crippen molar-refractivity contribution in [3.63, 3.8) is 0 Å². The van der Waals surface area contributed by atoms with Crippen LogP contribution in [-0.4, -0.2) is 55.0 Å². The summed E-state index contributed by atoms with van der Waals surface area (Å²) in [7, 11) is 1.81. The highest BCUT2D eigenvalue weighted by Crippen LogP contribution is 2.21. The number of rotatable bonds is 3. The van der Waals surface area contributed by atoms with E-state index in [1.807, 2.05) is 13.1 Å². The number of guanidine groups is 1. The van der Waals surface area contributed by atoms with Crippen LogP contribution in [0.2, 0.25) is 0 Å². The van der Waals surface area contributed by atoms with Crippen molar-refractivity contribution in [2.75, 3.05) is 33.2 Å². The number of hydrogen-bond donors (Lipinski definition) is 1. The van der Waals surface area contributed by atoms with Gasteiger partial charge in [0.1, 0.15) is 5.82 Å². The molecule has 0 aliphatic carbocycles. The van der Waals surface area contributed by atoms with Gasteiger partial charge in [0.05, 0.1) is 4.47 Å². The molecule has 1 N–H and O–H groups in total. The van der Waals surface area contributed by atoms with Gasteiger partial charge in [0.2, 0.25) is 0 Å². The first kappa shape index (κ1) is 16.7. The minimum Gasteiger partial charge on any atom is -0.352 e. The maximum atomic E-state index is 13.6. The molecule has 0 spiro atoms. The standard InChI is InChI=1S/C17H24BrFN4/c1-20-17(21-11-13-4-5-15(18)16(19)10-13)23-9-6-14(12-23)22-7-2-3-8-22/h4-5,10,14H,2-3,6-9,11-12H2,1H3,(H,20,21). The van der Waals surface area contributed by atoms with Crippen LogP contribution in [0.3, 0.4) is 0 Å². The molecule has 2 heterocycles. The lowest BCUT2D eigenvalue weighted by molar-refractivity contribution is 0.249. The molecule has 2 aliphatic heterocycles. The van der Waals surface area contributed by atoms with Crippen LogP contribution in [0.5, 0.6) is 0 Å². The highest BCUT2D eigenvalue weighted by molar-refractivity contribution is 9.10. The van der Waals surface area contributed by atoms with Gasteiger partial charge >= 0.3 is 0 Å². The minimum atomic E-state index is -0.227. The number of aliphatic imine (C=N–C) groups is 1. The molecule has 6 heteroatoms. The Labute approximate surface area is 145 Å². The molecular weight excluding hydrogens is 359 g/mol. The number of benzene rings is 1. The van der Waals surface area contributed by atoms with Gasteiger partial charge in [-0.25, -0.2) is 4.39 Å². The Kier molecular flexibility index (Phi) is 5.54. The zero-order valence-corrected chi connectivity index (χ0v) is 15.1. The molecule has 0 radical (unpaired) electrons. The van der Waals surface area contributed by atoms with E-state index in [-0.39, 0.29) is 5.82 Å². The Morgan fingerprint density at radius 2 is 2.13 bits per heavy atom. The van der Waals surface area contributed by atoms with E-state index in [1.54, 1.807) is 12.1 Å². The van der Waals surface area contributed by atoms with Crippen LogP contribution < -0.4 is 5.32 Å². The Balaban J connectivity index is 1.54. The zero-order valence-electron chi connectivity index (χ0n) is 13.6. The molecule has 1 aromatic rings. The molecule has 0 amide bonds. The lowest BCUT2D eigenvalue weighted by Crippen LogP contribution is -2.42. The van der Waals surface area contributed by atoms with E-state index in [9.17, 15) is 4.39 Å². The predicted molar refractivity (Wildman–Crippen MR) is 95.1 cm³/mol. The molecule has 0 saturated carbocycles. The summed E-state index contributed by atoms with van der Waals surface area (Å²) >= 11 is 3.18. The van der Waals surface area contributed by atoms with Crippen molar-refractivity contribution < 1.29 is 4.39 Å². The van der Waals surface area contributed by atoms with E-state index in [0.717, 1.165) is 24.6 Å². The molecule has 4 nitrogen and oxygen atoms in total. The fourth-order valence-corrected chi connectivity index (χ4v) is 3.75. The smallest absolute Gasteiger partial charge is 0.193 e. The molecule has 2 fully saturated rings. The van der Waals surface area contributed by atoms with Crippen molar-refractivity contribution in [1.82, 2.24) is 15.1 Å². The average Bonchev–Trinajstić information content (AvgIpc) is 3.22. The van der Waals surface area contributed by atoms with Crippen molar-refractivity contribution in [3.05, 3.63) is 34.1 Å². The van der Waals surface area contributed by atoms with E-state index in [4.69, 9.17) is 0 Å². The molecule has 1 unspecified atom stereocenters. The first-order valence-corrected chi connectivity index (χ1v) is 9.10. The summed E-state index contributed by atoms with van der Waals surface area (Å²) in [5, 5.41) is 3.36. The largest absolute Gasteiger partial charge is 0.352 e. The molecule has 0 bridgehead atoms. The van der Waals surface area contributed by atoms with Gasteiger partial charge in [-0.3, -0.25) is 9.89 Å². The highest BCUT2D eigenvalue weighted by atomic mass is 79.9. The second kappa shape index (κ2) is 7.62. The molecule has 1 aromatic carbocycles. The number of nitrogens with one attached hydrogen (secondary N) is 1. The fourth-order valence-electron chi connectivity index (χ4n) is 3.50. The lowest BCUT2D eigenvalue weighted by Gasteiger charge is -2.25. The van der Waals surface area contributed by atoms with Crippen LogP contribution >= 0.6 is 15.9 Å². The summed E-state index contributed by atoms with van der Waals surface area (Å²) in [6.45, 7) is 5.14. The number of nitrogens with zero attached hydrogens (tertiary/aromatic N) is 3. The van der Waals surface area contributed by atoms with E-state index < -0.39 is 0 Å². The van der Waals surface area contributed by atoms with Crippen molar-refractivity contribution in [1.29, 1.82) is 0 Å².